The van der Waals surface area contributed by atoms with Crippen LogP contribution in [0.2, 0.25) is 0 Å². The maximum Gasteiger partial charge on any atom is 0.322 e. The largest absolute Gasteiger partial charge is 0.349 e. The third kappa shape index (κ3) is 4.42. The lowest BCUT2D eigenvalue weighted by Gasteiger charge is -2.31. The summed E-state index contributed by atoms with van der Waals surface area (Å²) in [6.45, 7) is 2.85. The molecule has 3 aliphatic rings. The first kappa shape index (κ1) is 24.5. The number of nitrogens with one attached hydrogen (secondary N) is 2. The summed E-state index contributed by atoms with van der Waals surface area (Å²) in [6.07, 6.45) is 6.01. The lowest BCUT2D eigenvalue weighted by Crippen LogP contribution is -2.53. The standard InChI is InChI=1S/C26H30F2N8O2/c1-33-15-26(29-9-6-23(33)37)8-12-34(16-26)25(38)31-20-14-30-36-11-7-22(32-24(20)36)35-10-2-3-21(35)18-13-17(27)4-5-19(18)28/h4-5,7,11,13-14,21,29H,2-3,6,8-10,12,15-16H2,1H3,(H,31,38)/t21-,26?/m1/s1. The Morgan fingerprint density at radius 2 is 2.08 bits per heavy atom. The van der Waals surface area contributed by atoms with Crippen LogP contribution in [0.1, 0.15) is 37.3 Å². The predicted molar refractivity (Wildman–Crippen MR) is 137 cm³/mol. The third-order valence-corrected chi connectivity index (χ3v) is 7.91. The third-order valence-electron chi connectivity index (χ3n) is 7.91. The average molecular weight is 525 g/mol. The van der Waals surface area contributed by atoms with Gasteiger partial charge in [0, 0.05) is 58.0 Å². The summed E-state index contributed by atoms with van der Waals surface area (Å²) in [7, 11) is 1.80. The zero-order valence-electron chi connectivity index (χ0n) is 21.2. The summed E-state index contributed by atoms with van der Waals surface area (Å²) in [5.41, 5.74) is 0.926. The zero-order valence-corrected chi connectivity index (χ0v) is 21.2. The molecular formula is C26H30F2N8O2. The molecule has 1 unspecified atom stereocenters. The number of hydrogen-bond acceptors (Lipinski definition) is 6. The van der Waals surface area contributed by atoms with E-state index in [2.05, 4.69) is 15.7 Å². The number of carbonyl (C=O) groups is 2. The second kappa shape index (κ2) is 9.50. The molecule has 6 rings (SSSR count). The summed E-state index contributed by atoms with van der Waals surface area (Å²) in [4.78, 5) is 35.5. The summed E-state index contributed by atoms with van der Waals surface area (Å²) in [5, 5.41) is 10.8. The van der Waals surface area contributed by atoms with Crippen LogP contribution in [0.4, 0.5) is 25.1 Å². The Bertz CT molecular complexity index is 1400. The molecule has 0 saturated carbocycles. The van der Waals surface area contributed by atoms with E-state index in [9.17, 15) is 18.4 Å². The fourth-order valence-electron chi connectivity index (χ4n) is 5.98. The minimum atomic E-state index is -0.474. The van der Waals surface area contributed by atoms with Gasteiger partial charge in [-0.05, 0) is 43.5 Å². The summed E-state index contributed by atoms with van der Waals surface area (Å²) in [6, 6.07) is 4.73. The molecule has 1 spiro atoms. The molecule has 2 aromatic heterocycles. The van der Waals surface area contributed by atoms with Crippen LogP contribution in [0.5, 0.6) is 0 Å². The van der Waals surface area contributed by atoms with E-state index < -0.39 is 11.6 Å². The average Bonchev–Trinajstić information content (AvgIpc) is 3.62. The van der Waals surface area contributed by atoms with Crippen molar-refractivity contribution in [2.75, 3.05) is 50.0 Å². The monoisotopic (exact) mass is 524 g/mol. The minimum Gasteiger partial charge on any atom is -0.349 e. The molecule has 0 aliphatic carbocycles. The van der Waals surface area contributed by atoms with Crippen molar-refractivity contribution in [1.82, 2.24) is 29.7 Å². The summed E-state index contributed by atoms with van der Waals surface area (Å²) >= 11 is 0. The van der Waals surface area contributed by atoms with Crippen molar-refractivity contribution in [3.8, 4) is 0 Å². The first-order chi connectivity index (χ1) is 18.3. The topological polar surface area (TPSA) is 98.1 Å². The second-order valence-electron chi connectivity index (χ2n) is 10.4. The smallest absolute Gasteiger partial charge is 0.322 e. The molecule has 2 atom stereocenters. The van der Waals surface area contributed by atoms with Crippen LogP contribution in [-0.4, -0.2) is 81.6 Å². The first-order valence-corrected chi connectivity index (χ1v) is 12.9. The molecule has 3 saturated heterocycles. The van der Waals surface area contributed by atoms with Crippen LogP contribution in [0, 0.1) is 11.6 Å². The molecule has 0 bridgehead atoms. The number of aromatic nitrogens is 3. The lowest BCUT2D eigenvalue weighted by molar-refractivity contribution is -0.129. The Balaban J connectivity index is 1.21. The Morgan fingerprint density at radius 1 is 1.21 bits per heavy atom. The van der Waals surface area contributed by atoms with Crippen LogP contribution < -0.4 is 15.5 Å². The highest BCUT2D eigenvalue weighted by molar-refractivity contribution is 5.93. The second-order valence-corrected chi connectivity index (χ2v) is 10.4. The molecule has 3 aliphatic heterocycles. The quantitative estimate of drug-likeness (QED) is 0.547. The Labute approximate surface area is 218 Å². The zero-order chi connectivity index (χ0) is 26.4. The van der Waals surface area contributed by atoms with Crippen LogP contribution >= 0.6 is 0 Å². The van der Waals surface area contributed by atoms with E-state index in [1.165, 1.54) is 6.07 Å². The number of benzene rings is 1. The van der Waals surface area contributed by atoms with Gasteiger partial charge in [-0.15, -0.1) is 0 Å². The van der Waals surface area contributed by atoms with E-state index in [4.69, 9.17) is 4.98 Å². The van der Waals surface area contributed by atoms with Gasteiger partial charge in [-0.3, -0.25) is 4.79 Å². The van der Waals surface area contributed by atoms with Gasteiger partial charge in [0.25, 0.3) is 0 Å². The fourth-order valence-corrected chi connectivity index (χ4v) is 5.98. The molecule has 12 heteroatoms. The number of likely N-dealkylation sites (tertiary alicyclic amines) is 1. The van der Waals surface area contributed by atoms with Gasteiger partial charge in [0.05, 0.1) is 17.8 Å². The summed E-state index contributed by atoms with van der Waals surface area (Å²) < 4.78 is 30.0. The van der Waals surface area contributed by atoms with Gasteiger partial charge in [0.15, 0.2) is 5.65 Å². The number of halogens is 2. The molecular weight excluding hydrogens is 494 g/mol. The van der Waals surface area contributed by atoms with Gasteiger partial charge >= 0.3 is 6.03 Å². The molecule has 10 nitrogen and oxygen atoms in total. The molecule has 3 fully saturated rings. The minimum absolute atomic E-state index is 0.103. The number of hydrogen-bond donors (Lipinski definition) is 2. The van der Waals surface area contributed by atoms with Gasteiger partial charge in [-0.1, -0.05) is 0 Å². The lowest BCUT2D eigenvalue weighted by atomic mass is 9.98. The normalized spacial score (nSPS) is 24.0. The molecule has 3 amide bonds. The van der Waals surface area contributed by atoms with Crippen LogP contribution in [0.15, 0.2) is 36.7 Å². The van der Waals surface area contributed by atoms with Gasteiger partial charge in [0.2, 0.25) is 5.91 Å². The van der Waals surface area contributed by atoms with Crippen molar-refractivity contribution in [1.29, 1.82) is 0 Å². The molecule has 0 radical (unpaired) electrons. The van der Waals surface area contributed by atoms with Crippen molar-refractivity contribution in [2.24, 2.45) is 0 Å². The van der Waals surface area contributed by atoms with Gasteiger partial charge in [-0.25, -0.2) is 23.1 Å². The van der Waals surface area contributed by atoms with Crippen molar-refractivity contribution in [3.63, 3.8) is 0 Å². The van der Waals surface area contributed by atoms with E-state index in [0.717, 1.165) is 25.0 Å². The fraction of sp³-hybridized carbons (Fsp3) is 0.462. The van der Waals surface area contributed by atoms with Gasteiger partial charge in [-0.2, -0.15) is 5.10 Å². The molecule has 2 N–H and O–H groups in total. The highest BCUT2D eigenvalue weighted by Gasteiger charge is 2.42. The van der Waals surface area contributed by atoms with Crippen LogP contribution in [0.25, 0.3) is 5.65 Å². The number of urea groups is 1. The molecule has 38 heavy (non-hydrogen) atoms. The first-order valence-electron chi connectivity index (χ1n) is 12.9. The number of rotatable bonds is 3. The van der Waals surface area contributed by atoms with E-state index in [0.29, 0.717) is 68.3 Å². The number of fused-ring (bicyclic) bond motifs is 1. The van der Waals surface area contributed by atoms with E-state index in [-0.39, 0.29) is 23.5 Å². The Morgan fingerprint density at radius 3 is 2.95 bits per heavy atom. The number of likely N-dealkylation sites (N-methyl/N-ethyl adjacent to an activating group) is 1. The SMILES string of the molecule is CN1CC2(CCN(C(=O)Nc3cnn4ccc(N5CCC[C@@H]5c5cc(F)ccc5F)nc34)C2)NCCC1=O. The Hall–Kier alpha value is -3.80. The van der Waals surface area contributed by atoms with Gasteiger partial charge < -0.3 is 25.3 Å². The van der Waals surface area contributed by atoms with E-state index in [1.807, 2.05) is 4.90 Å². The van der Waals surface area contributed by atoms with Crippen molar-refractivity contribution < 1.29 is 18.4 Å². The van der Waals surface area contributed by atoms with Crippen LogP contribution in [-0.2, 0) is 4.79 Å². The number of carbonyl (C=O) groups excluding carboxylic acids is 2. The van der Waals surface area contributed by atoms with E-state index in [1.54, 1.807) is 39.8 Å². The highest BCUT2D eigenvalue weighted by Crippen LogP contribution is 2.37. The number of anilines is 2. The van der Waals surface area contributed by atoms with Crippen molar-refractivity contribution in [2.45, 2.75) is 37.3 Å². The highest BCUT2D eigenvalue weighted by atomic mass is 19.1. The van der Waals surface area contributed by atoms with Crippen LogP contribution in [0.3, 0.4) is 0 Å². The van der Waals surface area contributed by atoms with Gasteiger partial charge in [0.1, 0.15) is 23.1 Å². The maximum atomic E-state index is 14.6. The van der Waals surface area contributed by atoms with Crippen molar-refractivity contribution in [3.05, 3.63) is 53.9 Å². The number of amides is 3. The molecule has 1 aromatic carbocycles. The van der Waals surface area contributed by atoms with Crippen molar-refractivity contribution >= 4 is 29.1 Å². The predicted octanol–water partition coefficient (Wildman–Crippen LogP) is 2.78. The molecule has 5 heterocycles. The van der Waals surface area contributed by atoms with E-state index >= 15 is 0 Å². The number of nitrogens with zero attached hydrogens (tertiary/aromatic N) is 6. The molecule has 200 valence electrons. The summed E-state index contributed by atoms with van der Waals surface area (Å²) in [5.74, 6) is -0.205. The molecule has 3 aromatic rings. The maximum absolute atomic E-state index is 14.6. The Kier molecular flexibility index (Phi) is 6.13.